The first-order valence-electron chi connectivity index (χ1n) is 6.23. The van der Waals surface area contributed by atoms with Crippen molar-refractivity contribution in [2.45, 2.75) is 6.92 Å². The average molecular weight is 307 g/mol. The quantitative estimate of drug-likeness (QED) is 0.859. The number of benzene rings is 1. The summed E-state index contributed by atoms with van der Waals surface area (Å²) in [4.78, 5) is 12.0. The molecule has 0 atom stereocenters. The lowest BCUT2D eigenvalue weighted by Crippen LogP contribution is -2.24. The monoisotopic (exact) mass is 306 g/mol. The highest BCUT2D eigenvalue weighted by molar-refractivity contribution is 6.30. The molecule has 0 aliphatic carbocycles. The molecule has 0 fully saturated rings. The molecule has 0 bridgehead atoms. The molecule has 2 aromatic rings. The standard InChI is InChI=1S/C14H15ClN4O2/c1-4-7-16-14(20)13-9(2)19(18-17-13)11-8-10(15)5-6-12(11)21-3/h4-6,8H,1,7H2,2-3H3,(H,16,20). The van der Waals surface area contributed by atoms with Crippen molar-refractivity contribution >= 4 is 17.5 Å². The van der Waals surface area contributed by atoms with Gasteiger partial charge in [0.15, 0.2) is 5.69 Å². The van der Waals surface area contributed by atoms with Gasteiger partial charge in [0.1, 0.15) is 11.4 Å². The summed E-state index contributed by atoms with van der Waals surface area (Å²) in [5, 5.41) is 11.1. The lowest BCUT2D eigenvalue weighted by molar-refractivity contribution is 0.0952. The number of carbonyl (C=O) groups is 1. The van der Waals surface area contributed by atoms with Gasteiger partial charge in [-0.25, -0.2) is 4.68 Å². The van der Waals surface area contributed by atoms with E-state index >= 15 is 0 Å². The van der Waals surface area contributed by atoms with E-state index < -0.39 is 0 Å². The van der Waals surface area contributed by atoms with Gasteiger partial charge in [-0.1, -0.05) is 22.9 Å². The van der Waals surface area contributed by atoms with E-state index in [1.54, 1.807) is 38.3 Å². The molecule has 0 saturated heterocycles. The number of carbonyl (C=O) groups excluding carboxylic acids is 1. The van der Waals surface area contributed by atoms with Crippen LogP contribution in [-0.2, 0) is 0 Å². The van der Waals surface area contributed by atoms with Crippen LogP contribution < -0.4 is 10.1 Å². The van der Waals surface area contributed by atoms with Crippen molar-refractivity contribution in [3.05, 3.63) is 47.3 Å². The average Bonchev–Trinajstić information content (AvgIpc) is 2.86. The van der Waals surface area contributed by atoms with Gasteiger partial charge in [-0.15, -0.1) is 11.7 Å². The molecule has 6 nitrogen and oxygen atoms in total. The Balaban J connectivity index is 2.43. The van der Waals surface area contributed by atoms with E-state index in [1.165, 1.54) is 4.68 Å². The molecule has 1 aromatic heterocycles. The topological polar surface area (TPSA) is 69.0 Å². The van der Waals surface area contributed by atoms with Gasteiger partial charge in [0.05, 0.1) is 12.8 Å². The van der Waals surface area contributed by atoms with Gasteiger partial charge in [-0.3, -0.25) is 4.79 Å². The number of hydrogen-bond acceptors (Lipinski definition) is 4. The fourth-order valence-corrected chi connectivity index (χ4v) is 2.01. The summed E-state index contributed by atoms with van der Waals surface area (Å²) in [7, 11) is 1.55. The van der Waals surface area contributed by atoms with Crippen molar-refractivity contribution < 1.29 is 9.53 Å². The number of amides is 1. The first kappa shape index (κ1) is 15.1. The fraction of sp³-hybridized carbons (Fsp3) is 0.214. The molecule has 7 heteroatoms. The first-order valence-corrected chi connectivity index (χ1v) is 6.61. The number of nitrogens with one attached hydrogen (secondary N) is 1. The second-order valence-corrected chi connectivity index (χ2v) is 4.69. The first-order chi connectivity index (χ1) is 10.1. The van der Waals surface area contributed by atoms with E-state index in [4.69, 9.17) is 16.3 Å². The zero-order chi connectivity index (χ0) is 15.4. The summed E-state index contributed by atoms with van der Waals surface area (Å²) in [5.41, 5.74) is 1.47. The van der Waals surface area contributed by atoms with Crippen molar-refractivity contribution in [1.29, 1.82) is 0 Å². The predicted molar refractivity (Wildman–Crippen MR) is 80.2 cm³/mol. The van der Waals surface area contributed by atoms with Crippen LogP contribution >= 0.6 is 11.6 Å². The molecule has 0 aliphatic rings. The lowest BCUT2D eigenvalue weighted by atomic mass is 10.2. The van der Waals surface area contributed by atoms with Crippen molar-refractivity contribution in [2.75, 3.05) is 13.7 Å². The van der Waals surface area contributed by atoms with Crippen LogP contribution in [0.15, 0.2) is 30.9 Å². The Kier molecular flexibility index (Phi) is 4.59. The summed E-state index contributed by atoms with van der Waals surface area (Å²) < 4.78 is 6.80. The summed E-state index contributed by atoms with van der Waals surface area (Å²) >= 11 is 6.01. The Morgan fingerprint density at radius 1 is 1.57 bits per heavy atom. The summed E-state index contributed by atoms with van der Waals surface area (Å²) in [6.45, 7) is 5.67. The third-order valence-corrected chi connectivity index (χ3v) is 3.12. The molecule has 1 amide bonds. The summed E-state index contributed by atoms with van der Waals surface area (Å²) in [6.07, 6.45) is 1.59. The highest BCUT2D eigenvalue weighted by Gasteiger charge is 2.18. The lowest BCUT2D eigenvalue weighted by Gasteiger charge is -2.09. The normalized spacial score (nSPS) is 10.2. The van der Waals surface area contributed by atoms with Gasteiger partial charge in [-0.05, 0) is 25.1 Å². The van der Waals surface area contributed by atoms with Crippen LogP contribution in [0, 0.1) is 6.92 Å². The molecular formula is C14H15ClN4O2. The number of ether oxygens (including phenoxy) is 1. The van der Waals surface area contributed by atoms with Crippen LogP contribution in [0.1, 0.15) is 16.2 Å². The minimum absolute atomic E-state index is 0.249. The number of methoxy groups -OCH3 is 1. The van der Waals surface area contributed by atoms with Crippen LogP contribution in [0.5, 0.6) is 5.75 Å². The third-order valence-electron chi connectivity index (χ3n) is 2.89. The van der Waals surface area contributed by atoms with E-state index in [9.17, 15) is 4.79 Å². The van der Waals surface area contributed by atoms with Crippen molar-refractivity contribution in [1.82, 2.24) is 20.3 Å². The maximum atomic E-state index is 12.0. The molecule has 0 spiro atoms. The van der Waals surface area contributed by atoms with E-state index in [2.05, 4.69) is 22.2 Å². The maximum Gasteiger partial charge on any atom is 0.274 e. The molecular weight excluding hydrogens is 292 g/mol. The zero-order valence-electron chi connectivity index (χ0n) is 11.8. The molecule has 2 rings (SSSR count). The zero-order valence-corrected chi connectivity index (χ0v) is 12.5. The van der Waals surface area contributed by atoms with Gasteiger partial charge >= 0.3 is 0 Å². The second kappa shape index (κ2) is 6.41. The Morgan fingerprint density at radius 2 is 2.33 bits per heavy atom. The largest absolute Gasteiger partial charge is 0.494 e. The van der Waals surface area contributed by atoms with E-state index in [0.29, 0.717) is 28.7 Å². The summed E-state index contributed by atoms with van der Waals surface area (Å²) in [5.74, 6) is 0.282. The van der Waals surface area contributed by atoms with Gasteiger partial charge in [0.25, 0.3) is 5.91 Å². The number of nitrogens with zero attached hydrogens (tertiary/aromatic N) is 3. The molecule has 1 N–H and O–H groups in total. The van der Waals surface area contributed by atoms with Gasteiger partial charge in [-0.2, -0.15) is 0 Å². The molecule has 110 valence electrons. The molecule has 1 aromatic carbocycles. The molecule has 21 heavy (non-hydrogen) atoms. The second-order valence-electron chi connectivity index (χ2n) is 4.25. The molecule has 1 heterocycles. The summed E-state index contributed by atoms with van der Waals surface area (Å²) in [6, 6.07) is 5.15. The van der Waals surface area contributed by atoms with E-state index in [0.717, 1.165) is 0 Å². The van der Waals surface area contributed by atoms with Gasteiger partial charge in [0.2, 0.25) is 0 Å². The van der Waals surface area contributed by atoms with Crippen LogP contribution in [-0.4, -0.2) is 34.6 Å². The number of halogens is 1. The van der Waals surface area contributed by atoms with Crippen LogP contribution in [0.3, 0.4) is 0 Å². The van der Waals surface area contributed by atoms with Gasteiger partial charge < -0.3 is 10.1 Å². The molecule has 0 saturated carbocycles. The Morgan fingerprint density at radius 3 is 3.00 bits per heavy atom. The van der Waals surface area contributed by atoms with Crippen molar-refractivity contribution in [3.63, 3.8) is 0 Å². The smallest absolute Gasteiger partial charge is 0.274 e. The molecule has 0 aliphatic heterocycles. The predicted octanol–water partition coefficient (Wildman–Crippen LogP) is 2.15. The van der Waals surface area contributed by atoms with Crippen LogP contribution in [0.4, 0.5) is 0 Å². The van der Waals surface area contributed by atoms with Gasteiger partial charge in [0, 0.05) is 11.6 Å². The number of rotatable bonds is 5. The van der Waals surface area contributed by atoms with E-state index in [1.807, 2.05) is 0 Å². The Bertz CT molecular complexity index is 682. The SMILES string of the molecule is C=CCNC(=O)c1nnn(-c2cc(Cl)ccc2OC)c1C. The highest BCUT2D eigenvalue weighted by atomic mass is 35.5. The van der Waals surface area contributed by atoms with Crippen molar-refractivity contribution in [2.24, 2.45) is 0 Å². The minimum atomic E-state index is -0.306. The van der Waals surface area contributed by atoms with E-state index in [-0.39, 0.29) is 11.6 Å². The fourth-order valence-electron chi connectivity index (χ4n) is 1.85. The Hall–Kier alpha value is -2.34. The Labute approximate surface area is 127 Å². The van der Waals surface area contributed by atoms with Crippen LogP contribution in [0.25, 0.3) is 5.69 Å². The minimum Gasteiger partial charge on any atom is -0.494 e. The van der Waals surface area contributed by atoms with Crippen molar-refractivity contribution in [3.8, 4) is 11.4 Å². The molecule has 0 unspecified atom stereocenters. The third kappa shape index (κ3) is 3.05. The highest BCUT2D eigenvalue weighted by Crippen LogP contribution is 2.27. The number of aromatic nitrogens is 3. The molecule has 0 radical (unpaired) electrons. The maximum absolute atomic E-state index is 12.0. The van der Waals surface area contributed by atoms with Crippen LogP contribution in [0.2, 0.25) is 5.02 Å². The number of hydrogen-bond donors (Lipinski definition) is 1.